The van der Waals surface area contributed by atoms with E-state index in [2.05, 4.69) is 27.8 Å². The molecule has 1 aromatic rings. The SMILES string of the molecule is CC1OCCC1N(C)c1cccc(F)c1CBr. The van der Waals surface area contributed by atoms with Gasteiger partial charge in [-0.25, -0.2) is 4.39 Å². The zero-order valence-corrected chi connectivity index (χ0v) is 11.7. The van der Waals surface area contributed by atoms with E-state index in [1.807, 2.05) is 13.1 Å². The largest absolute Gasteiger partial charge is 0.376 e. The Bertz CT molecular complexity index is 399. The highest BCUT2D eigenvalue weighted by molar-refractivity contribution is 9.08. The predicted molar refractivity (Wildman–Crippen MR) is 71.3 cm³/mol. The van der Waals surface area contributed by atoms with Crippen molar-refractivity contribution < 1.29 is 9.13 Å². The highest BCUT2D eigenvalue weighted by Crippen LogP contribution is 2.29. The quantitative estimate of drug-likeness (QED) is 0.794. The lowest BCUT2D eigenvalue weighted by Crippen LogP contribution is -2.37. The van der Waals surface area contributed by atoms with Crippen molar-refractivity contribution in [3.8, 4) is 0 Å². The maximum Gasteiger partial charge on any atom is 0.129 e. The fourth-order valence-corrected chi connectivity index (χ4v) is 2.97. The van der Waals surface area contributed by atoms with Crippen LogP contribution in [0, 0.1) is 5.82 Å². The number of hydrogen-bond donors (Lipinski definition) is 0. The first-order valence-electron chi connectivity index (χ1n) is 5.83. The monoisotopic (exact) mass is 301 g/mol. The van der Waals surface area contributed by atoms with Crippen molar-refractivity contribution >= 4 is 21.6 Å². The smallest absolute Gasteiger partial charge is 0.129 e. The first kappa shape index (κ1) is 12.8. The highest BCUT2D eigenvalue weighted by atomic mass is 79.9. The molecule has 0 amide bonds. The van der Waals surface area contributed by atoms with Gasteiger partial charge in [-0.05, 0) is 25.5 Å². The minimum Gasteiger partial charge on any atom is -0.376 e. The Kier molecular flexibility index (Phi) is 4.05. The Morgan fingerprint density at radius 2 is 2.29 bits per heavy atom. The topological polar surface area (TPSA) is 12.5 Å². The van der Waals surface area contributed by atoms with Gasteiger partial charge < -0.3 is 9.64 Å². The predicted octanol–water partition coefficient (Wildman–Crippen LogP) is 3.33. The second kappa shape index (κ2) is 5.36. The van der Waals surface area contributed by atoms with Crippen molar-refractivity contribution in [3.05, 3.63) is 29.6 Å². The van der Waals surface area contributed by atoms with Gasteiger partial charge in [0.15, 0.2) is 0 Å². The van der Waals surface area contributed by atoms with Crippen molar-refractivity contribution in [3.63, 3.8) is 0 Å². The molecule has 1 saturated heterocycles. The van der Waals surface area contributed by atoms with Gasteiger partial charge in [0.25, 0.3) is 0 Å². The number of nitrogens with zero attached hydrogens (tertiary/aromatic N) is 1. The van der Waals surface area contributed by atoms with E-state index in [0.29, 0.717) is 16.9 Å². The number of rotatable bonds is 3. The van der Waals surface area contributed by atoms with E-state index in [0.717, 1.165) is 18.7 Å². The molecule has 0 aromatic heterocycles. The molecule has 0 aliphatic carbocycles. The lowest BCUT2D eigenvalue weighted by atomic mass is 10.1. The lowest BCUT2D eigenvalue weighted by Gasteiger charge is -2.30. The van der Waals surface area contributed by atoms with Gasteiger partial charge in [0.1, 0.15) is 5.82 Å². The van der Waals surface area contributed by atoms with E-state index in [-0.39, 0.29) is 11.9 Å². The molecular formula is C13H17BrFNO. The molecule has 94 valence electrons. The molecule has 0 bridgehead atoms. The van der Waals surface area contributed by atoms with Crippen molar-refractivity contribution in [1.82, 2.24) is 0 Å². The Labute approximate surface area is 110 Å². The molecule has 1 aromatic carbocycles. The normalized spacial score (nSPS) is 24.0. The average molecular weight is 302 g/mol. The van der Waals surface area contributed by atoms with Gasteiger partial charge in [-0.2, -0.15) is 0 Å². The summed E-state index contributed by atoms with van der Waals surface area (Å²) in [5.74, 6) is -0.155. The second-order valence-electron chi connectivity index (χ2n) is 4.41. The van der Waals surface area contributed by atoms with Gasteiger partial charge in [-0.3, -0.25) is 0 Å². The molecule has 17 heavy (non-hydrogen) atoms. The molecule has 1 heterocycles. The number of anilines is 1. The molecule has 0 spiro atoms. The Morgan fingerprint density at radius 1 is 1.53 bits per heavy atom. The van der Waals surface area contributed by atoms with Crippen LogP contribution in [-0.2, 0) is 10.1 Å². The van der Waals surface area contributed by atoms with Crippen LogP contribution in [-0.4, -0.2) is 25.8 Å². The van der Waals surface area contributed by atoms with Crippen LogP contribution in [0.5, 0.6) is 0 Å². The van der Waals surface area contributed by atoms with Gasteiger partial charge in [-0.15, -0.1) is 0 Å². The zero-order valence-electron chi connectivity index (χ0n) is 10.1. The van der Waals surface area contributed by atoms with Crippen LogP contribution in [0.3, 0.4) is 0 Å². The zero-order chi connectivity index (χ0) is 12.4. The summed E-state index contributed by atoms with van der Waals surface area (Å²) in [5.41, 5.74) is 1.67. The van der Waals surface area contributed by atoms with Crippen molar-refractivity contribution in [1.29, 1.82) is 0 Å². The van der Waals surface area contributed by atoms with E-state index in [1.54, 1.807) is 6.07 Å². The van der Waals surface area contributed by atoms with E-state index < -0.39 is 0 Å². The lowest BCUT2D eigenvalue weighted by molar-refractivity contribution is 0.118. The Morgan fingerprint density at radius 3 is 2.88 bits per heavy atom. The van der Waals surface area contributed by atoms with Crippen molar-refractivity contribution in [2.24, 2.45) is 0 Å². The molecule has 1 aliphatic heterocycles. The van der Waals surface area contributed by atoms with Crippen LogP contribution < -0.4 is 4.90 Å². The third-order valence-electron chi connectivity index (χ3n) is 3.44. The summed E-state index contributed by atoms with van der Waals surface area (Å²) in [6.45, 7) is 2.86. The van der Waals surface area contributed by atoms with Crippen LogP contribution in [0.25, 0.3) is 0 Å². The molecule has 2 unspecified atom stereocenters. The molecule has 4 heteroatoms. The molecule has 0 N–H and O–H groups in total. The number of hydrogen-bond acceptors (Lipinski definition) is 2. The Balaban J connectivity index is 2.30. The fraction of sp³-hybridized carbons (Fsp3) is 0.538. The van der Waals surface area contributed by atoms with E-state index >= 15 is 0 Å². The standard InChI is InChI=1S/C13H17BrFNO/c1-9-12(6-7-17-9)16(2)13-5-3-4-11(15)10(13)8-14/h3-5,9,12H,6-8H2,1-2H3. The minimum absolute atomic E-state index is 0.155. The van der Waals surface area contributed by atoms with Crippen LogP contribution in [0.15, 0.2) is 18.2 Å². The molecule has 2 nitrogen and oxygen atoms in total. The van der Waals surface area contributed by atoms with Gasteiger partial charge in [-0.1, -0.05) is 22.0 Å². The third kappa shape index (κ3) is 2.47. The fourth-order valence-electron chi connectivity index (χ4n) is 2.42. The summed E-state index contributed by atoms with van der Waals surface area (Å²) in [6, 6.07) is 5.55. The minimum atomic E-state index is -0.155. The first-order valence-corrected chi connectivity index (χ1v) is 6.95. The Hall–Kier alpha value is -0.610. The van der Waals surface area contributed by atoms with E-state index in [9.17, 15) is 4.39 Å². The summed E-state index contributed by atoms with van der Waals surface area (Å²) in [5, 5.41) is 0.529. The molecule has 1 fully saturated rings. The number of benzene rings is 1. The van der Waals surface area contributed by atoms with E-state index in [4.69, 9.17) is 4.74 Å². The van der Waals surface area contributed by atoms with Gasteiger partial charge in [0, 0.05) is 30.2 Å². The summed E-state index contributed by atoms with van der Waals surface area (Å²) in [7, 11) is 2.01. The number of halogens is 2. The molecular weight excluding hydrogens is 285 g/mol. The van der Waals surface area contributed by atoms with Gasteiger partial charge in [0.2, 0.25) is 0 Å². The molecule has 2 rings (SSSR count). The van der Waals surface area contributed by atoms with Crippen molar-refractivity contribution in [2.75, 3.05) is 18.6 Å². The summed E-state index contributed by atoms with van der Waals surface area (Å²) in [6.07, 6.45) is 1.20. The van der Waals surface area contributed by atoms with Crippen LogP contribution in [0.4, 0.5) is 10.1 Å². The van der Waals surface area contributed by atoms with Crippen LogP contribution in [0.1, 0.15) is 18.9 Å². The summed E-state index contributed by atoms with van der Waals surface area (Å²) >= 11 is 3.35. The number of likely N-dealkylation sites (N-methyl/N-ethyl adjacent to an activating group) is 1. The second-order valence-corrected chi connectivity index (χ2v) is 4.97. The highest BCUT2D eigenvalue weighted by Gasteiger charge is 2.29. The van der Waals surface area contributed by atoms with Crippen molar-refractivity contribution in [2.45, 2.75) is 30.8 Å². The summed E-state index contributed by atoms with van der Waals surface area (Å²) in [4.78, 5) is 2.14. The van der Waals surface area contributed by atoms with Crippen LogP contribution >= 0.6 is 15.9 Å². The van der Waals surface area contributed by atoms with E-state index in [1.165, 1.54) is 6.07 Å². The maximum atomic E-state index is 13.7. The molecule has 0 saturated carbocycles. The molecule has 1 aliphatic rings. The first-order chi connectivity index (χ1) is 8.15. The average Bonchev–Trinajstić information content (AvgIpc) is 2.74. The summed E-state index contributed by atoms with van der Waals surface area (Å²) < 4.78 is 19.3. The molecule has 2 atom stereocenters. The maximum absolute atomic E-state index is 13.7. The van der Waals surface area contributed by atoms with Gasteiger partial charge in [0.05, 0.1) is 12.1 Å². The van der Waals surface area contributed by atoms with Crippen LogP contribution in [0.2, 0.25) is 0 Å². The molecule has 0 radical (unpaired) electrons. The number of alkyl halides is 1. The third-order valence-corrected chi connectivity index (χ3v) is 4.00. The van der Waals surface area contributed by atoms with Gasteiger partial charge >= 0.3 is 0 Å². The number of ether oxygens (including phenoxy) is 1.